The number of fused-ring (bicyclic) bond motifs is 2. The van der Waals surface area contributed by atoms with Crippen molar-refractivity contribution in [3.05, 3.63) is 21.7 Å². The molecule has 3 rings (SSSR count). The zero-order chi connectivity index (χ0) is 20.9. The summed E-state index contributed by atoms with van der Waals surface area (Å²) >= 11 is 3.78. The highest BCUT2D eigenvalue weighted by molar-refractivity contribution is 9.10. The second kappa shape index (κ2) is 9.83. The van der Waals surface area contributed by atoms with E-state index in [1.165, 1.54) is 11.1 Å². The zero-order valence-corrected chi connectivity index (χ0v) is 19.5. The number of rotatable bonds is 1. The van der Waals surface area contributed by atoms with Gasteiger partial charge in [0.15, 0.2) is 0 Å². The maximum absolute atomic E-state index is 12.4. The number of carbonyl (C=O) groups is 1. The van der Waals surface area contributed by atoms with E-state index < -0.39 is 5.60 Å². The second-order valence-corrected chi connectivity index (χ2v) is 8.78. The normalized spacial score (nSPS) is 16.1. The Morgan fingerprint density at radius 1 is 1.25 bits per heavy atom. The van der Waals surface area contributed by atoms with Crippen LogP contribution >= 0.6 is 15.9 Å². The molecule has 6 nitrogen and oxygen atoms in total. The Labute approximate surface area is 177 Å². The molecule has 0 aliphatic carbocycles. The van der Waals surface area contributed by atoms with Crippen molar-refractivity contribution in [1.29, 1.82) is 0 Å². The molecule has 2 aliphatic rings. The highest BCUT2D eigenvalue weighted by atomic mass is 79.9. The Morgan fingerprint density at radius 3 is 2.50 bits per heavy atom. The Kier molecular flexibility index (Phi) is 8.01. The molecule has 0 unspecified atom stereocenters. The van der Waals surface area contributed by atoms with Crippen LogP contribution in [0.15, 0.2) is 10.5 Å². The molecule has 0 radical (unpaired) electrons. The van der Waals surface area contributed by atoms with Crippen molar-refractivity contribution in [3.63, 3.8) is 0 Å². The number of benzene rings is 1. The van der Waals surface area contributed by atoms with Gasteiger partial charge in [-0.2, -0.15) is 0 Å². The van der Waals surface area contributed by atoms with Crippen LogP contribution in [0, 0.1) is 0 Å². The summed E-state index contributed by atoms with van der Waals surface area (Å²) in [5.41, 5.74) is 3.18. The summed E-state index contributed by atoms with van der Waals surface area (Å²) in [4.78, 5) is 16.4. The number of methoxy groups -OCH3 is 1. The molecule has 2 heterocycles. The average Bonchev–Trinajstić information content (AvgIpc) is 2.83. The quantitative estimate of drug-likeness (QED) is 0.631. The molecule has 1 amide bonds. The van der Waals surface area contributed by atoms with Crippen LogP contribution < -0.4 is 9.64 Å². The minimum atomic E-state index is -0.466. The number of likely N-dealkylation sites (N-methyl/N-ethyl adjacent to an activating group) is 1. The fourth-order valence-corrected chi connectivity index (χ4v) is 4.14. The summed E-state index contributed by atoms with van der Waals surface area (Å²) in [7, 11) is 3.77. The first-order valence-electron chi connectivity index (χ1n) is 9.83. The number of carbonyl (C=O) groups excluding carboxylic acids is 1. The SMILES string of the molecule is CCOC.CN1CCOc2cc3c(c(Br)c21)CCN(C(=O)OC(C)(C)C)CC3. The van der Waals surface area contributed by atoms with Crippen molar-refractivity contribution in [3.8, 4) is 5.75 Å². The highest BCUT2D eigenvalue weighted by Gasteiger charge is 2.28. The van der Waals surface area contributed by atoms with Gasteiger partial charge in [-0.15, -0.1) is 0 Å². The van der Waals surface area contributed by atoms with E-state index in [1.54, 1.807) is 12.0 Å². The van der Waals surface area contributed by atoms with Crippen molar-refractivity contribution < 1.29 is 19.0 Å². The molecule has 1 aromatic carbocycles. The number of hydrogen-bond acceptors (Lipinski definition) is 5. The number of amides is 1. The molecule has 0 aromatic heterocycles. The Balaban J connectivity index is 0.000000640. The molecule has 0 saturated carbocycles. The Hall–Kier alpha value is -1.47. The molecule has 0 atom stereocenters. The first kappa shape index (κ1) is 22.8. The summed E-state index contributed by atoms with van der Waals surface area (Å²) in [6.45, 7) is 11.4. The van der Waals surface area contributed by atoms with Crippen LogP contribution in [0.25, 0.3) is 0 Å². The van der Waals surface area contributed by atoms with Gasteiger partial charge in [-0.25, -0.2) is 4.79 Å². The van der Waals surface area contributed by atoms with Gasteiger partial charge in [0.05, 0.1) is 12.2 Å². The zero-order valence-electron chi connectivity index (χ0n) is 17.9. The van der Waals surface area contributed by atoms with E-state index in [9.17, 15) is 4.79 Å². The van der Waals surface area contributed by atoms with Gasteiger partial charge < -0.3 is 24.0 Å². The van der Waals surface area contributed by atoms with Gasteiger partial charge in [0.2, 0.25) is 0 Å². The van der Waals surface area contributed by atoms with Gasteiger partial charge >= 0.3 is 6.09 Å². The predicted molar refractivity (Wildman–Crippen MR) is 116 cm³/mol. The molecule has 0 spiro atoms. The lowest BCUT2D eigenvalue weighted by molar-refractivity contribution is 0.0258. The predicted octanol–water partition coefficient (Wildman–Crippen LogP) is 4.27. The monoisotopic (exact) mass is 456 g/mol. The fourth-order valence-electron chi connectivity index (χ4n) is 3.19. The molecule has 28 heavy (non-hydrogen) atoms. The van der Waals surface area contributed by atoms with Crippen molar-refractivity contribution in [2.45, 2.75) is 46.1 Å². The van der Waals surface area contributed by atoms with Crippen LogP contribution in [0.2, 0.25) is 0 Å². The first-order chi connectivity index (χ1) is 13.2. The van der Waals surface area contributed by atoms with Gasteiger partial charge in [-0.05, 0) is 73.7 Å². The van der Waals surface area contributed by atoms with Crippen LogP contribution in [-0.4, -0.2) is 63.6 Å². The van der Waals surface area contributed by atoms with Crippen LogP contribution in [0.5, 0.6) is 5.75 Å². The van der Waals surface area contributed by atoms with Crippen LogP contribution in [0.4, 0.5) is 10.5 Å². The molecule has 158 valence electrons. The lowest BCUT2D eigenvalue weighted by Crippen LogP contribution is -2.38. The molecule has 1 aromatic rings. The van der Waals surface area contributed by atoms with Crippen molar-refractivity contribution >= 4 is 27.7 Å². The van der Waals surface area contributed by atoms with Crippen LogP contribution in [0.1, 0.15) is 38.8 Å². The number of halogens is 1. The van der Waals surface area contributed by atoms with Gasteiger partial charge in [0, 0.05) is 38.3 Å². The summed E-state index contributed by atoms with van der Waals surface area (Å²) in [6.07, 6.45) is 1.40. The van der Waals surface area contributed by atoms with Crippen LogP contribution in [-0.2, 0) is 22.3 Å². The molecule has 2 aliphatic heterocycles. The molecule has 7 heteroatoms. The summed E-state index contributed by atoms with van der Waals surface area (Å²) in [5.74, 6) is 0.931. The largest absolute Gasteiger partial charge is 0.490 e. The highest BCUT2D eigenvalue weighted by Crippen LogP contribution is 2.42. The number of nitrogens with zero attached hydrogens (tertiary/aromatic N) is 2. The Bertz CT molecular complexity index is 686. The number of hydrogen-bond donors (Lipinski definition) is 0. The van der Waals surface area contributed by atoms with Gasteiger partial charge in [0.25, 0.3) is 0 Å². The van der Waals surface area contributed by atoms with E-state index in [1.807, 2.05) is 27.7 Å². The third-order valence-electron chi connectivity index (χ3n) is 4.69. The first-order valence-corrected chi connectivity index (χ1v) is 10.6. The minimum absolute atomic E-state index is 0.232. The molecule has 0 N–H and O–H groups in total. The van der Waals surface area contributed by atoms with Crippen LogP contribution in [0.3, 0.4) is 0 Å². The standard InChI is InChI=1S/C18H25BrN2O3.C3H8O/c1-18(2,3)24-17(22)21-7-5-12-11-14-16(20(4)9-10-23-14)15(19)13(12)6-8-21;1-3-4-2/h11H,5-10H2,1-4H3;3H2,1-2H3. The topological polar surface area (TPSA) is 51.2 Å². The third-order valence-corrected chi connectivity index (χ3v) is 5.54. The molecule has 0 fully saturated rings. The average molecular weight is 457 g/mol. The van der Waals surface area contributed by atoms with Gasteiger partial charge in [-0.1, -0.05) is 0 Å². The fraction of sp³-hybridized carbons (Fsp3) is 0.667. The lowest BCUT2D eigenvalue weighted by Gasteiger charge is -2.30. The van der Waals surface area contributed by atoms with E-state index in [-0.39, 0.29) is 6.09 Å². The summed E-state index contributed by atoms with van der Waals surface area (Å²) in [6, 6.07) is 2.14. The lowest BCUT2D eigenvalue weighted by atomic mass is 10.0. The van der Waals surface area contributed by atoms with E-state index in [4.69, 9.17) is 9.47 Å². The second-order valence-electron chi connectivity index (χ2n) is 7.99. The molecular weight excluding hydrogens is 424 g/mol. The molecule has 0 saturated heterocycles. The van der Waals surface area contributed by atoms with E-state index in [0.29, 0.717) is 19.7 Å². The summed E-state index contributed by atoms with van der Waals surface area (Å²) in [5, 5.41) is 0. The van der Waals surface area contributed by atoms with Crippen molar-refractivity contribution in [2.24, 2.45) is 0 Å². The van der Waals surface area contributed by atoms with E-state index in [2.05, 4.69) is 38.7 Å². The van der Waals surface area contributed by atoms with Crippen molar-refractivity contribution in [2.75, 3.05) is 51.9 Å². The minimum Gasteiger partial charge on any atom is -0.490 e. The van der Waals surface area contributed by atoms with Gasteiger partial charge in [0.1, 0.15) is 18.0 Å². The molecule has 0 bridgehead atoms. The Morgan fingerprint density at radius 2 is 1.89 bits per heavy atom. The maximum Gasteiger partial charge on any atom is 0.410 e. The third kappa shape index (κ3) is 5.77. The van der Waals surface area contributed by atoms with Gasteiger partial charge in [-0.3, -0.25) is 0 Å². The number of ether oxygens (including phenoxy) is 3. The van der Waals surface area contributed by atoms with E-state index >= 15 is 0 Å². The maximum atomic E-state index is 12.4. The molecular formula is C21H33BrN2O4. The number of anilines is 1. The summed E-state index contributed by atoms with van der Waals surface area (Å²) < 4.78 is 17.0. The van der Waals surface area contributed by atoms with E-state index in [0.717, 1.165) is 41.9 Å². The van der Waals surface area contributed by atoms with Crippen molar-refractivity contribution in [1.82, 2.24) is 4.90 Å². The smallest absolute Gasteiger partial charge is 0.410 e.